The van der Waals surface area contributed by atoms with Gasteiger partial charge in [0.2, 0.25) is 0 Å². The molecule has 3 aliphatic rings. The van der Waals surface area contributed by atoms with Crippen molar-refractivity contribution in [1.82, 2.24) is 5.32 Å². The molecule has 2 aromatic rings. The van der Waals surface area contributed by atoms with Gasteiger partial charge in [0.1, 0.15) is 11.3 Å². The molecule has 5 rings (SSSR count). The molecule has 0 amide bonds. The third-order valence-electron chi connectivity index (χ3n) is 5.60. The highest BCUT2D eigenvalue weighted by Crippen LogP contribution is 2.40. The van der Waals surface area contributed by atoms with E-state index < -0.39 is 0 Å². The van der Waals surface area contributed by atoms with Gasteiger partial charge in [0.15, 0.2) is 0 Å². The molecule has 126 valence electrons. The average Bonchev–Trinajstić information content (AvgIpc) is 3.07. The van der Waals surface area contributed by atoms with Crippen molar-refractivity contribution < 1.29 is 4.42 Å². The first-order chi connectivity index (χ1) is 12.4. The van der Waals surface area contributed by atoms with E-state index >= 15 is 0 Å². The maximum absolute atomic E-state index is 6.13. The standard InChI is InChI=1S/C22H22N2O/c1-2-7-15(8-3-1)18-13-19(24-14-23-18)16-10-6-12-21-22(16)17-9-4-5-11-20(17)25-21/h1-5,7,9-11,14-15,18-19H,6,8,12-13H2,(H,23,24). The molecule has 25 heavy (non-hydrogen) atoms. The molecular formula is C22H22N2O. The fourth-order valence-corrected chi connectivity index (χ4v) is 4.35. The zero-order valence-electron chi connectivity index (χ0n) is 14.2. The van der Waals surface area contributed by atoms with Gasteiger partial charge in [-0.15, -0.1) is 0 Å². The molecule has 1 aliphatic heterocycles. The van der Waals surface area contributed by atoms with Crippen molar-refractivity contribution in [3.63, 3.8) is 0 Å². The monoisotopic (exact) mass is 330 g/mol. The van der Waals surface area contributed by atoms with Gasteiger partial charge in [0, 0.05) is 29.3 Å². The summed E-state index contributed by atoms with van der Waals surface area (Å²) >= 11 is 0. The SMILES string of the molecule is C1=CCC(C2CC(C3=CCCc4oc5ccccc5c43)N=CN2)C=C1. The van der Waals surface area contributed by atoms with Crippen LogP contribution in [0.25, 0.3) is 16.5 Å². The summed E-state index contributed by atoms with van der Waals surface area (Å²) in [6, 6.07) is 9.03. The van der Waals surface area contributed by atoms with E-state index in [-0.39, 0.29) is 6.04 Å². The third kappa shape index (κ3) is 2.55. The number of aliphatic imine (C=N–C) groups is 1. The topological polar surface area (TPSA) is 37.5 Å². The average molecular weight is 330 g/mol. The number of allylic oxidation sites excluding steroid dienone is 4. The molecule has 0 bridgehead atoms. The fraction of sp³-hybridized carbons (Fsp3) is 0.318. The van der Waals surface area contributed by atoms with Crippen LogP contribution in [0.5, 0.6) is 0 Å². The largest absolute Gasteiger partial charge is 0.460 e. The number of hydrogen-bond donors (Lipinski definition) is 1. The number of hydrogen-bond acceptors (Lipinski definition) is 3. The molecule has 0 spiro atoms. The summed E-state index contributed by atoms with van der Waals surface area (Å²) in [7, 11) is 0. The van der Waals surface area contributed by atoms with Crippen molar-refractivity contribution >= 4 is 22.9 Å². The summed E-state index contributed by atoms with van der Waals surface area (Å²) in [5, 5.41) is 4.72. The molecule has 3 nitrogen and oxygen atoms in total. The highest BCUT2D eigenvalue weighted by Gasteiger charge is 2.31. The zero-order chi connectivity index (χ0) is 16.6. The second kappa shape index (κ2) is 6.07. The van der Waals surface area contributed by atoms with E-state index in [2.05, 4.69) is 53.9 Å². The fourth-order valence-electron chi connectivity index (χ4n) is 4.35. The minimum Gasteiger partial charge on any atom is -0.460 e. The Labute approximate surface area is 147 Å². The molecule has 0 fully saturated rings. The molecule has 0 saturated carbocycles. The van der Waals surface area contributed by atoms with Gasteiger partial charge < -0.3 is 9.73 Å². The molecule has 0 radical (unpaired) electrons. The highest BCUT2D eigenvalue weighted by atomic mass is 16.3. The number of benzene rings is 1. The van der Waals surface area contributed by atoms with Crippen LogP contribution in [0.2, 0.25) is 0 Å². The smallest absolute Gasteiger partial charge is 0.134 e. The summed E-state index contributed by atoms with van der Waals surface area (Å²) in [6.07, 6.45) is 17.3. The first-order valence-corrected chi connectivity index (χ1v) is 9.22. The van der Waals surface area contributed by atoms with Crippen LogP contribution in [-0.4, -0.2) is 18.4 Å². The lowest BCUT2D eigenvalue weighted by molar-refractivity contribution is 0.412. The van der Waals surface area contributed by atoms with E-state index in [1.807, 2.05) is 12.4 Å². The number of rotatable bonds is 2. The third-order valence-corrected chi connectivity index (χ3v) is 5.60. The number of fused-ring (bicyclic) bond motifs is 3. The Hall–Kier alpha value is -2.55. The predicted molar refractivity (Wildman–Crippen MR) is 103 cm³/mol. The van der Waals surface area contributed by atoms with Crippen molar-refractivity contribution in [3.8, 4) is 0 Å². The summed E-state index contributed by atoms with van der Waals surface area (Å²) < 4.78 is 6.13. The second-order valence-corrected chi connectivity index (χ2v) is 7.11. The molecule has 0 saturated heterocycles. The first kappa shape index (κ1) is 14.8. The van der Waals surface area contributed by atoms with Crippen LogP contribution in [-0.2, 0) is 6.42 Å². The Morgan fingerprint density at radius 3 is 3.04 bits per heavy atom. The minimum atomic E-state index is 0.214. The van der Waals surface area contributed by atoms with Gasteiger partial charge in [-0.05, 0) is 30.9 Å². The van der Waals surface area contributed by atoms with E-state index in [0.29, 0.717) is 12.0 Å². The Bertz CT molecular complexity index is 915. The van der Waals surface area contributed by atoms with Crippen molar-refractivity contribution in [3.05, 3.63) is 66.0 Å². The molecule has 2 aliphatic carbocycles. The van der Waals surface area contributed by atoms with Gasteiger partial charge in [0.05, 0.1) is 12.4 Å². The van der Waals surface area contributed by atoms with Crippen LogP contribution in [0.4, 0.5) is 0 Å². The van der Waals surface area contributed by atoms with Gasteiger partial charge in [-0.2, -0.15) is 0 Å². The van der Waals surface area contributed by atoms with Crippen LogP contribution in [0.1, 0.15) is 30.6 Å². The van der Waals surface area contributed by atoms with Gasteiger partial charge in [0.25, 0.3) is 0 Å². The molecule has 1 aromatic heterocycles. The summed E-state index contributed by atoms with van der Waals surface area (Å²) in [6.45, 7) is 0. The number of nitrogens with one attached hydrogen (secondary N) is 1. The lowest BCUT2D eigenvalue weighted by Gasteiger charge is -2.32. The Morgan fingerprint density at radius 2 is 2.12 bits per heavy atom. The van der Waals surface area contributed by atoms with E-state index in [9.17, 15) is 0 Å². The summed E-state index contributed by atoms with van der Waals surface area (Å²) in [5.41, 5.74) is 3.64. The van der Waals surface area contributed by atoms with E-state index in [0.717, 1.165) is 37.0 Å². The maximum atomic E-state index is 6.13. The molecule has 1 aromatic carbocycles. The van der Waals surface area contributed by atoms with E-state index in [1.54, 1.807) is 0 Å². The normalized spacial score (nSPS) is 27.8. The van der Waals surface area contributed by atoms with Crippen LogP contribution in [0.15, 0.2) is 64.1 Å². The minimum absolute atomic E-state index is 0.214. The van der Waals surface area contributed by atoms with Crippen molar-refractivity contribution in [2.45, 2.75) is 37.8 Å². The lowest BCUT2D eigenvalue weighted by atomic mass is 9.82. The number of aryl methyl sites for hydroxylation is 1. The van der Waals surface area contributed by atoms with Crippen LogP contribution in [0, 0.1) is 5.92 Å². The Balaban J connectivity index is 1.49. The first-order valence-electron chi connectivity index (χ1n) is 9.22. The van der Waals surface area contributed by atoms with Crippen LogP contribution >= 0.6 is 0 Å². The van der Waals surface area contributed by atoms with E-state index in [1.165, 1.54) is 16.5 Å². The summed E-state index contributed by atoms with van der Waals surface area (Å²) in [4.78, 5) is 4.80. The van der Waals surface area contributed by atoms with Gasteiger partial charge in [-0.25, -0.2) is 0 Å². The zero-order valence-corrected chi connectivity index (χ0v) is 14.2. The molecule has 1 N–H and O–H groups in total. The van der Waals surface area contributed by atoms with Crippen LogP contribution in [0.3, 0.4) is 0 Å². The highest BCUT2D eigenvalue weighted by molar-refractivity contribution is 5.94. The quantitative estimate of drug-likeness (QED) is 0.870. The van der Waals surface area contributed by atoms with Gasteiger partial charge >= 0.3 is 0 Å². The number of para-hydroxylation sites is 1. The molecule has 2 heterocycles. The lowest BCUT2D eigenvalue weighted by Crippen LogP contribution is -2.41. The maximum Gasteiger partial charge on any atom is 0.134 e. The Kier molecular flexibility index (Phi) is 3.58. The van der Waals surface area contributed by atoms with Crippen molar-refractivity contribution in [1.29, 1.82) is 0 Å². The second-order valence-electron chi connectivity index (χ2n) is 7.11. The Morgan fingerprint density at radius 1 is 1.16 bits per heavy atom. The molecule has 3 heteroatoms. The number of nitrogens with zero attached hydrogens (tertiary/aromatic N) is 1. The molecular weight excluding hydrogens is 308 g/mol. The predicted octanol–water partition coefficient (Wildman–Crippen LogP) is 4.65. The molecule has 3 unspecified atom stereocenters. The molecule has 3 atom stereocenters. The van der Waals surface area contributed by atoms with E-state index in [4.69, 9.17) is 9.41 Å². The van der Waals surface area contributed by atoms with Crippen molar-refractivity contribution in [2.24, 2.45) is 10.9 Å². The summed E-state index contributed by atoms with van der Waals surface area (Å²) in [5.74, 6) is 1.67. The number of furan rings is 1. The van der Waals surface area contributed by atoms with Gasteiger partial charge in [-0.3, -0.25) is 4.99 Å². The van der Waals surface area contributed by atoms with Crippen LogP contribution < -0.4 is 5.32 Å². The van der Waals surface area contributed by atoms with Gasteiger partial charge in [-0.1, -0.05) is 48.6 Å². The van der Waals surface area contributed by atoms with Crippen molar-refractivity contribution in [2.75, 3.05) is 0 Å².